The Balaban J connectivity index is 0.000000686. The Hall–Kier alpha value is -8.41. The molecule has 0 spiro atoms. The summed E-state index contributed by atoms with van der Waals surface area (Å²) in [6.07, 6.45) is 0. The predicted molar refractivity (Wildman–Crippen MR) is 261 cm³/mol. The van der Waals surface area contributed by atoms with Crippen LogP contribution in [0, 0.1) is 6.92 Å². The van der Waals surface area contributed by atoms with Crippen molar-refractivity contribution in [3.63, 3.8) is 0 Å². The number of fused-ring (bicyclic) bond motifs is 6. The van der Waals surface area contributed by atoms with Crippen molar-refractivity contribution in [2.45, 2.75) is 6.92 Å². The molecule has 5 nitrogen and oxygen atoms in total. The van der Waals surface area contributed by atoms with Crippen LogP contribution < -0.4 is 0 Å². The van der Waals surface area contributed by atoms with Crippen LogP contribution in [-0.2, 0) is 0 Å². The van der Waals surface area contributed by atoms with Gasteiger partial charge in [-0.3, -0.25) is 4.57 Å². The van der Waals surface area contributed by atoms with E-state index in [1.165, 1.54) is 44.1 Å². The molecule has 0 radical (unpaired) electrons. The molecule has 0 fully saturated rings. The largest absolute Gasteiger partial charge is 0.309 e. The summed E-state index contributed by atoms with van der Waals surface area (Å²) in [5.41, 5.74) is 13.6. The van der Waals surface area contributed by atoms with Crippen molar-refractivity contribution in [3.8, 4) is 56.4 Å². The molecule has 0 aliphatic heterocycles. The van der Waals surface area contributed by atoms with Crippen LogP contribution in [0.15, 0.2) is 231 Å². The van der Waals surface area contributed by atoms with E-state index in [1.54, 1.807) is 0 Å². The van der Waals surface area contributed by atoms with Gasteiger partial charge in [0.15, 0.2) is 5.82 Å². The molecule has 0 aliphatic carbocycles. The van der Waals surface area contributed by atoms with Gasteiger partial charge in [0.2, 0.25) is 5.95 Å². The van der Waals surface area contributed by atoms with Crippen molar-refractivity contribution in [2.75, 3.05) is 0 Å². The second-order valence-electron chi connectivity index (χ2n) is 15.7. The number of aryl methyl sites for hydroxylation is 1. The van der Waals surface area contributed by atoms with Gasteiger partial charge < -0.3 is 4.57 Å². The summed E-state index contributed by atoms with van der Waals surface area (Å²) < 4.78 is 4.59. The van der Waals surface area contributed by atoms with E-state index in [1.807, 2.05) is 73.7 Å². The van der Waals surface area contributed by atoms with Crippen molar-refractivity contribution in [2.24, 2.45) is 0 Å². The summed E-state index contributed by atoms with van der Waals surface area (Å²) in [5, 5.41) is 4.74. The summed E-state index contributed by atoms with van der Waals surface area (Å²) in [6, 6.07) is 81.3. The number of para-hydroxylation sites is 2. The Morgan fingerprint density at radius 3 is 1.22 bits per heavy atom. The van der Waals surface area contributed by atoms with Crippen LogP contribution in [0.2, 0.25) is 0 Å². The molecule has 3 heterocycles. The molecule has 12 rings (SSSR count). The molecule has 63 heavy (non-hydrogen) atoms. The van der Waals surface area contributed by atoms with E-state index in [2.05, 4.69) is 173 Å². The van der Waals surface area contributed by atoms with Crippen LogP contribution in [-0.4, -0.2) is 24.1 Å². The first-order valence-electron chi connectivity index (χ1n) is 21.3. The fourth-order valence-electron chi connectivity index (χ4n) is 8.80. The van der Waals surface area contributed by atoms with Crippen LogP contribution in [0.3, 0.4) is 0 Å². The van der Waals surface area contributed by atoms with Crippen LogP contribution in [0.25, 0.3) is 100 Å². The van der Waals surface area contributed by atoms with Crippen molar-refractivity contribution in [1.29, 1.82) is 0 Å². The van der Waals surface area contributed by atoms with Crippen molar-refractivity contribution >= 4 is 43.6 Å². The first kappa shape index (κ1) is 37.6. The summed E-state index contributed by atoms with van der Waals surface area (Å²) in [6.45, 7) is 1.93. The van der Waals surface area contributed by atoms with Crippen molar-refractivity contribution in [1.82, 2.24) is 24.1 Å². The minimum atomic E-state index is 0.612. The zero-order valence-electron chi connectivity index (χ0n) is 34.7. The molecule has 0 atom stereocenters. The second kappa shape index (κ2) is 16.2. The molecule has 5 heteroatoms. The fourth-order valence-corrected chi connectivity index (χ4v) is 8.80. The van der Waals surface area contributed by atoms with E-state index in [0.29, 0.717) is 17.6 Å². The number of nitrogens with zero attached hydrogens (tertiary/aromatic N) is 5. The van der Waals surface area contributed by atoms with E-state index >= 15 is 0 Å². The highest BCUT2D eigenvalue weighted by Crippen LogP contribution is 2.39. The van der Waals surface area contributed by atoms with E-state index in [9.17, 15) is 0 Å². The monoisotopic (exact) mass is 807 g/mol. The Labute approximate surface area is 365 Å². The van der Waals surface area contributed by atoms with Crippen molar-refractivity contribution in [3.05, 3.63) is 236 Å². The maximum absolute atomic E-state index is 5.00. The minimum absolute atomic E-state index is 0.612. The summed E-state index contributed by atoms with van der Waals surface area (Å²) >= 11 is 0. The summed E-state index contributed by atoms with van der Waals surface area (Å²) in [5.74, 6) is 1.95. The molecule has 0 unspecified atom stereocenters. The lowest BCUT2D eigenvalue weighted by Crippen LogP contribution is -2.06. The molecule has 0 bridgehead atoms. The van der Waals surface area contributed by atoms with Crippen LogP contribution in [0.5, 0.6) is 0 Å². The third kappa shape index (κ3) is 7.11. The quantitative estimate of drug-likeness (QED) is 0.168. The highest BCUT2D eigenvalue weighted by molar-refractivity contribution is 6.12. The van der Waals surface area contributed by atoms with Crippen molar-refractivity contribution < 1.29 is 0 Å². The average molecular weight is 808 g/mol. The first-order valence-corrected chi connectivity index (χ1v) is 21.3. The van der Waals surface area contributed by atoms with Gasteiger partial charge in [-0.25, -0.2) is 4.98 Å². The molecule has 0 saturated heterocycles. The van der Waals surface area contributed by atoms with Gasteiger partial charge in [-0.2, -0.15) is 9.97 Å². The zero-order valence-corrected chi connectivity index (χ0v) is 34.7. The molecule has 0 aliphatic rings. The normalized spacial score (nSPS) is 11.3. The number of aromatic nitrogens is 5. The summed E-state index contributed by atoms with van der Waals surface area (Å²) in [4.78, 5) is 14.6. The number of rotatable bonds is 6. The number of hydrogen-bond donors (Lipinski definition) is 0. The standard InChI is InChI=1S/C52H35N5.C6H6/c1-34-53-51(37-19-9-4-10-20-37)55-52(54-34)57-48-24-14-12-22-44(48)46-33-39(26-28-50(46)57)38-25-27-49-45(32-38)43-21-11-13-23-47(43)56(49)42-30-40(35-15-5-2-6-16-35)29-41(31-42)36-17-7-3-8-18-36;1-2-4-6-5-3-1/h2-33H,1H3;1-6H. The van der Waals surface area contributed by atoms with Crippen LogP contribution in [0.1, 0.15) is 5.82 Å². The highest BCUT2D eigenvalue weighted by Gasteiger charge is 2.19. The smallest absolute Gasteiger partial charge is 0.238 e. The fraction of sp³-hybridized carbons (Fsp3) is 0.0172. The average Bonchev–Trinajstić information content (AvgIpc) is 3.87. The Kier molecular flexibility index (Phi) is 9.68. The van der Waals surface area contributed by atoms with Gasteiger partial charge in [0.1, 0.15) is 5.82 Å². The maximum Gasteiger partial charge on any atom is 0.238 e. The van der Waals surface area contributed by atoms with Crippen LogP contribution in [0.4, 0.5) is 0 Å². The SMILES string of the molecule is Cc1nc(-c2ccccc2)nc(-n2c3ccccc3c3cc(-c4ccc5c(c4)c4ccccc4n5-c4cc(-c5ccccc5)cc(-c5ccccc5)c4)ccc32)n1.c1ccccc1. The molecule has 0 N–H and O–H groups in total. The third-order valence-corrected chi connectivity index (χ3v) is 11.7. The first-order chi connectivity index (χ1) is 31.2. The van der Waals surface area contributed by atoms with Gasteiger partial charge >= 0.3 is 0 Å². The van der Waals surface area contributed by atoms with E-state index < -0.39 is 0 Å². The van der Waals surface area contributed by atoms with Gasteiger partial charge in [-0.05, 0) is 94.9 Å². The minimum Gasteiger partial charge on any atom is -0.309 e. The summed E-state index contributed by atoms with van der Waals surface area (Å²) in [7, 11) is 0. The molecule has 298 valence electrons. The van der Waals surface area contributed by atoms with E-state index in [4.69, 9.17) is 15.0 Å². The predicted octanol–water partition coefficient (Wildman–Crippen LogP) is 14.7. The van der Waals surface area contributed by atoms with Gasteiger partial charge in [-0.15, -0.1) is 0 Å². The molecular formula is C58H41N5. The van der Waals surface area contributed by atoms with Crippen LogP contribution >= 0.6 is 0 Å². The zero-order chi connectivity index (χ0) is 42.1. The topological polar surface area (TPSA) is 48.5 Å². The number of benzene rings is 9. The molecular weight excluding hydrogens is 767 g/mol. The maximum atomic E-state index is 5.00. The second-order valence-corrected chi connectivity index (χ2v) is 15.7. The van der Waals surface area contributed by atoms with E-state index in [-0.39, 0.29) is 0 Å². The van der Waals surface area contributed by atoms with Gasteiger partial charge in [0.05, 0.1) is 22.1 Å². The lowest BCUT2D eigenvalue weighted by atomic mass is 9.98. The molecule has 0 saturated carbocycles. The Bertz CT molecular complexity index is 3470. The Morgan fingerprint density at radius 1 is 0.286 bits per heavy atom. The lowest BCUT2D eigenvalue weighted by Gasteiger charge is -2.14. The molecule has 3 aromatic heterocycles. The Morgan fingerprint density at radius 2 is 0.698 bits per heavy atom. The van der Waals surface area contributed by atoms with Gasteiger partial charge in [0, 0.05) is 32.8 Å². The van der Waals surface area contributed by atoms with Gasteiger partial charge in [-0.1, -0.05) is 176 Å². The highest BCUT2D eigenvalue weighted by atomic mass is 15.2. The lowest BCUT2D eigenvalue weighted by molar-refractivity contribution is 0.907. The van der Waals surface area contributed by atoms with Gasteiger partial charge in [0.25, 0.3) is 0 Å². The van der Waals surface area contributed by atoms with E-state index in [0.717, 1.165) is 44.2 Å². The number of hydrogen-bond acceptors (Lipinski definition) is 3. The molecule has 12 aromatic rings. The third-order valence-electron chi connectivity index (χ3n) is 11.7. The molecule has 9 aromatic carbocycles. The molecule has 0 amide bonds.